The monoisotopic (exact) mass is 506 g/mol. The summed E-state index contributed by atoms with van der Waals surface area (Å²) in [6.45, 7) is 1.43. The van der Waals surface area contributed by atoms with Crippen LogP contribution < -0.4 is 0 Å². The number of ether oxygens (including phenoxy) is 6. The highest BCUT2D eigenvalue weighted by Gasteiger charge is 2.50. The lowest BCUT2D eigenvalue weighted by molar-refractivity contribution is -0.309. The van der Waals surface area contributed by atoms with Crippen LogP contribution in [0.1, 0.15) is 23.6 Å². The summed E-state index contributed by atoms with van der Waals surface area (Å²) in [6, 6.07) is 30.1. The zero-order chi connectivity index (χ0) is 26.3. The summed E-state index contributed by atoms with van der Waals surface area (Å²) < 4.78 is 35.8. The number of benzene rings is 3. The molecule has 3 aromatic carbocycles. The minimum Gasteiger partial charge on any atom is -0.457 e. The molecule has 5 atom stereocenters. The van der Waals surface area contributed by atoms with E-state index in [9.17, 15) is 4.79 Å². The van der Waals surface area contributed by atoms with Crippen molar-refractivity contribution in [3.05, 3.63) is 108 Å². The van der Waals surface area contributed by atoms with Gasteiger partial charge in [0.1, 0.15) is 23.9 Å². The molecule has 4 rings (SSSR count). The average Bonchev–Trinajstić information content (AvgIpc) is 2.95. The predicted octanol–water partition coefficient (Wildman–Crippen LogP) is 4.33. The van der Waals surface area contributed by atoms with E-state index in [0.29, 0.717) is 0 Å². The molecule has 1 heterocycles. The van der Waals surface area contributed by atoms with E-state index in [1.807, 2.05) is 91.0 Å². The van der Waals surface area contributed by atoms with E-state index in [0.717, 1.165) is 16.7 Å². The Kier molecular flexibility index (Phi) is 9.08. The molecule has 37 heavy (non-hydrogen) atoms. The van der Waals surface area contributed by atoms with Crippen LogP contribution in [0.25, 0.3) is 0 Å². The Balaban J connectivity index is 1.79. The van der Waals surface area contributed by atoms with E-state index in [2.05, 4.69) is 0 Å². The van der Waals surface area contributed by atoms with Gasteiger partial charge < -0.3 is 28.4 Å². The molecule has 0 saturated carbocycles. The fraction of sp³-hybridized carbons (Fsp3) is 0.367. The molecule has 0 spiro atoms. The van der Waals surface area contributed by atoms with Crippen LogP contribution in [0.5, 0.6) is 0 Å². The molecule has 0 aliphatic carbocycles. The van der Waals surface area contributed by atoms with Crippen LogP contribution in [-0.4, -0.2) is 64.6 Å². The topological polar surface area (TPSA) is 72.5 Å². The van der Waals surface area contributed by atoms with Crippen LogP contribution in [0.15, 0.2) is 91.0 Å². The fourth-order valence-electron chi connectivity index (χ4n) is 5.03. The molecule has 0 aromatic heterocycles. The number of hydrogen-bond donors (Lipinski definition) is 0. The van der Waals surface area contributed by atoms with Crippen molar-refractivity contribution in [3.8, 4) is 0 Å². The maximum Gasteiger partial charge on any atom is 0.303 e. The quantitative estimate of drug-likeness (QED) is 0.299. The number of carbonyl (C=O) groups excluding carboxylic acids is 1. The van der Waals surface area contributed by atoms with Crippen LogP contribution in [-0.2, 0) is 38.8 Å². The van der Waals surface area contributed by atoms with Crippen molar-refractivity contribution >= 4 is 5.97 Å². The highest BCUT2D eigenvalue weighted by molar-refractivity contribution is 5.66. The summed E-state index contributed by atoms with van der Waals surface area (Å²) in [4.78, 5) is 12.1. The third-order valence-electron chi connectivity index (χ3n) is 6.67. The van der Waals surface area contributed by atoms with Crippen LogP contribution in [0.4, 0.5) is 0 Å². The Hall–Kier alpha value is -3.07. The van der Waals surface area contributed by atoms with Gasteiger partial charge in [-0.3, -0.25) is 4.79 Å². The Bertz CT molecular complexity index is 1010. The second-order valence-corrected chi connectivity index (χ2v) is 8.84. The van der Waals surface area contributed by atoms with Crippen molar-refractivity contribution < 1.29 is 33.2 Å². The first-order chi connectivity index (χ1) is 18.0. The van der Waals surface area contributed by atoms with Gasteiger partial charge in [0.05, 0.1) is 6.61 Å². The normalized spacial score (nSPS) is 23.9. The first-order valence-corrected chi connectivity index (χ1v) is 12.3. The van der Waals surface area contributed by atoms with Crippen molar-refractivity contribution in [3.63, 3.8) is 0 Å². The summed E-state index contributed by atoms with van der Waals surface area (Å²) in [5, 5.41) is 0. The average molecular weight is 507 g/mol. The van der Waals surface area contributed by atoms with Crippen molar-refractivity contribution in [2.24, 2.45) is 0 Å². The van der Waals surface area contributed by atoms with E-state index < -0.39 is 42.3 Å². The van der Waals surface area contributed by atoms with Gasteiger partial charge in [-0.2, -0.15) is 0 Å². The molecule has 0 unspecified atom stereocenters. The molecule has 7 heteroatoms. The van der Waals surface area contributed by atoms with Gasteiger partial charge in [-0.05, 0) is 16.7 Å². The summed E-state index contributed by atoms with van der Waals surface area (Å²) in [5.41, 5.74) is 1.90. The second-order valence-electron chi connectivity index (χ2n) is 8.84. The van der Waals surface area contributed by atoms with Gasteiger partial charge in [-0.1, -0.05) is 91.0 Å². The minimum atomic E-state index is -0.961. The molecule has 196 valence electrons. The van der Waals surface area contributed by atoms with Gasteiger partial charge in [0.15, 0.2) is 12.4 Å². The lowest BCUT2D eigenvalue weighted by Gasteiger charge is -2.45. The van der Waals surface area contributed by atoms with Crippen molar-refractivity contribution in [2.75, 3.05) is 27.9 Å². The SMILES string of the molecule is CO[C@H]1O[C@H](COC(c2ccccc2)(c2ccccc2)c2ccccc2)[C@H](OC(C)=O)[C@@H](OC)[C@H]1OC. The van der Waals surface area contributed by atoms with E-state index in [4.69, 9.17) is 28.4 Å². The van der Waals surface area contributed by atoms with E-state index in [-0.39, 0.29) is 6.61 Å². The van der Waals surface area contributed by atoms with Gasteiger partial charge >= 0.3 is 5.97 Å². The minimum absolute atomic E-state index is 0.0762. The molecule has 1 saturated heterocycles. The zero-order valence-corrected chi connectivity index (χ0v) is 21.6. The molecular weight excluding hydrogens is 472 g/mol. The van der Waals surface area contributed by atoms with Crippen molar-refractivity contribution in [1.29, 1.82) is 0 Å². The van der Waals surface area contributed by atoms with E-state index in [1.54, 1.807) is 14.2 Å². The molecule has 1 fully saturated rings. The molecule has 1 aliphatic heterocycles. The summed E-state index contributed by atoms with van der Waals surface area (Å²) >= 11 is 0. The number of methoxy groups -OCH3 is 3. The van der Waals surface area contributed by atoms with Crippen LogP contribution >= 0.6 is 0 Å². The van der Waals surface area contributed by atoms with Gasteiger partial charge in [-0.25, -0.2) is 0 Å². The Morgan fingerprint density at radius 2 is 1.16 bits per heavy atom. The molecule has 0 bridgehead atoms. The number of hydrogen-bond acceptors (Lipinski definition) is 7. The standard InChI is InChI=1S/C30H34O7/c1-21(31)36-26-25(37-29(34-4)28(33-3)27(26)32-2)20-35-30(22-14-8-5-9-15-22,23-16-10-6-11-17-23)24-18-12-7-13-19-24/h5-19,25-29H,20H2,1-4H3/t25-,26+,27-,28-,29+/m1/s1. The Labute approximate surface area is 218 Å². The van der Waals surface area contributed by atoms with Gasteiger partial charge in [0, 0.05) is 28.3 Å². The largest absolute Gasteiger partial charge is 0.457 e. The number of esters is 1. The number of rotatable bonds is 10. The molecule has 0 amide bonds. The summed E-state index contributed by atoms with van der Waals surface area (Å²) in [5.74, 6) is -0.452. The van der Waals surface area contributed by atoms with Crippen LogP contribution in [0.3, 0.4) is 0 Å². The fourth-order valence-corrected chi connectivity index (χ4v) is 5.03. The lowest BCUT2D eigenvalue weighted by atomic mass is 9.80. The Morgan fingerprint density at radius 1 is 0.703 bits per heavy atom. The second kappa shape index (κ2) is 12.4. The molecule has 1 aliphatic rings. The van der Waals surface area contributed by atoms with E-state index >= 15 is 0 Å². The molecular formula is C30H34O7. The zero-order valence-electron chi connectivity index (χ0n) is 21.6. The summed E-state index contributed by atoms with van der Waals surface area (Å²) in [6.07, 6.45) is -3.44. The molecule has 3 aromatic rings. The first-order valence-electron chi connectivity index (χ1n) is 12.3. The van der Waals surface area contributed by atoms with E-state index in [1.165, 1.54) is 14.0 Å². The third-order valence-corrected chi connectivity index (χ3v) is 6.67. The van der Waals surface area contributed by atoms with Gasteiger partial charge in [-0.15, -0.1) is 0 Å². The van der Waals surface area contributed by atoms with Crippen molar-refractivity contribution in [2.45, 2.75) is 43.2 Å². The molecule has 0 radical (unpaired) electrons. The number of carbonyl (C=O) groups is 1. The van der Waals surface area contributed by atoms with Crippen molar-refractivity contribution in [1.82, 2.24) is 0 Å². The van der Waals surface area contributed by atoms with Crippen LogP contribution in [0.2, 0.25) is 0 Å². The maximum absolute atomic E-state index is 12.1. The van der Waals surface area contributed by atoms with Gasteiger partial charge in [0.25, 0.3) is 0 Å². The van der Waals surface area contributed by atoms with Gasteiger partial charge in [0.2, 0.25) is 0 Å². The summed E-state index contributed by atoms with van der Waals surface area (Å²) in [7, 11) is 4.62. The highest BCUT2D eigenvalue weighted by Crippen LogP contribution is 2.41. The highest BCUT2D eigenvalue weighted by atomic mass is 16.7. The third kappa shape index (κ3) is 5.61. The maximum atomic E-state index is 12.1. The van der Waals surface area contributed by atoms with Crippen LogP contribution in [0, 0.1) is 0 Å². The molecule has 0 N–H and O–H groups in total. The smallest absolute Gasteiger partial charge is 0.303 e. The Morgan fingerprint density at radius 3 is 1.54 bits per heavy atom. The predicted molar refractivity (Wildman–Crippen MR) is 138 cm³/mol. The molecule has 7 nitrogen and oxygen atoms in total. The first kappa shape index (κ1) is 27.0. The lowest BCUT2D eigenvalue weighted by Crippen LogP contribution is -2.62.